The molecule has 0 radical (unpaired) electrons. The summed E-state index contributed by atoms with van der Waals surface area (Å²) in [6, 6.07) is 21.9. The molecule has 0 aliphatic heterocycles. The van der Waals surface area contributed by atoms with Gasteiger partial charge in [0.1, 0.15) is 23.3 Å². The number of nitrogens with zero attached hydrogens (tertiary/aromatic N) is 5. The summed E-state index contributed by atoms with van der Waals surface area (Å²) in [5.74, 6) is 1.06. The van der Waals surface area contributed by atoms with E-state index in [1.807, 2.05) is 42.5 Å². The van der Waals surface area contributed by atoms with Crippen LogP contribution < -0.4 is 10.1 Å². The quantitative estimate of drug-likeness (QED) is 0.430. The molecule has 0 spiro atoms. The van der Waals surface area contributed by atoms with Crippen molar-refractivity contribution in [1.82, 2.24) is 25.5 Å². The van der Waals surface area contributed by atoms with Gasteiger partial charge in [-0.2, -0.15) is 9.94 Å². The van der Waals surface area contributed by atoms with Crippen LogP contribution in [0.2, 0.25) is 0 Å². The Bertz CT molecular complexity index is 1260. The van der Waals surface area contributed by atoms with Gasteiger partial charge < -0.3 is 14.5 Å². The Balaban J connectivity index is 1.60. The number of aromatic nitrogens is 4. The summed E-state index contributed by atoms with van der Waals surface area (Å²) >= 11 is 0. The molecule has 0 atom stereocenters. The molecule has 4 rings (SSSR count). The maximum atomic E-state index is 13.2. The van der Waals surface area contributed by atoms with Crippen LogP contribution in [0, 0.1) is 11.3 Å². The monoisotopic (exact) mass is 426 g/mol. The lowest BCUT2D eigenvalue weighted by molar-refractivity contribution is -0.116. The van der Waals surface area contributed by atoms with Crippen molar-refractivity contribution in [2.75, 3.05) is 6.61 Å². The van der Waals surface area contributed by atoms with E-state index < -0.39 is 5.91 Å². The number of amides is 1. The van der Waals surface area contributed by atoms with Crippen molar-refractivity contribution in [2.45, 2.75) is 6.54 Å². The normalized spacial score (nSPS) is 11.0. The average Bonchev–Trinajstić information content (AvgIpc) is 3.52. The van der Waals surface area contributed by atoms with Gasteiger partial charge in [0.2, 0.25) is 0 Å². The Morgan fingerprint density at radius 2 is 2.03 bits per heavy atom. The highest BCUT2D eigenvalue weighted by Crippen LogP contribution is 2.21. The molecule has 32 heavy (non-hydrogen) atoms. The molecule has 0 unspecified atom stereocenters. The van der Waals surface area contributed by atoms with Crippen LogP contribution in [-0.2, 0) is 11.3 Å². The van der Waals surface area contributed by atoms with Crippen LogP contribution >= 0.6 is 0 Å². The Kier molecular flexibility index (Phi) is 6.34. The van der Waals surface area contributed by atoms with E-state index in [0.29, 0.717) is 17.3 Å². The van der Waals surface area contributed by atoms with E-state index in [2.05, 4.69) is 20.8 Å². The third-order valence-electron chi connectivity index (χ3n) is 4.44. The zero-order valence-corrected chi connectivity index (χ0v) is 16.9. The number of furan rings is 1. The number of rotatable bonds is 8. The van der Waals surface area contributed by atoms with Crippen LogP contribution in [0.1, 0.15) is 11.3 Å². The van der Waals surface area contributed by atoms with Crippen LogP contribution in [0.15, 0.2) is 77.4 Å². The summed E-state index contributed by atoms with van der Waals surface area (Å²) in [6.07, 6.45) is 3.09. The average molecular weight is 426 g/mol. The first-order chi connectivity index (χ1) is 15.7. The van der Waals surface area contributed by atoms with Crippen molar-refractivity contribution in [2.24, 2.45) is 0 Å². The minimum atomic E-state index is -0.394. The fourth-order valence-corrected chi connectivity index (χ4v) is 2.98. The molecule has 0 bridgehead atoms. The van der Waals surface area contributed by atoms with Gasteiger partial charge in [0.15, 0.2) is 12.4 Å². The highest BCUT2D eigenvalue weighted by molar-refractivity contribution is 6.18. The molecule has 0 fully saturated rings. The van der Waals surface area contributed by atoms with Gasteiger partial charge in [-0.05, 0) is 40.3 Å². The van der Waals surface area contributed by atoms with Crippen LogP contribution in [0.3, 0.4) is 0 Å². The minimum Gasteiger partial charge on any atom is -0.479 e. The summed E-state index contributed by atoms with van der Waals surface area (Å²) in [4.78, 5) is 13.2. The zero-order valence-electron chi connectivity index (χ0n) is 16.9. The topological polar surface area (TPSA) is 119 Å². The molecule has 2 heterocycles. The number of carbonyl (C=O) groups is 1. The number of benzene rings is 2. The number of hydrogen-bond acceptors (Lipinski definition) is 7. The molecule has 0 aliphatic rings. The first-order valence-electron chi connectivity index (χ1n) is 9.71. The lowest BCUT2D eigenvalue weighted by atomic mass is 10.2. The molecule has 1 amide bonds. The highest BCUT2D eigenvalue weighted by atomic mass is 16.5. The van der Waals surface area contributed by atoms with Crippen LogP contribution in [-0.4, -0.2) is 32.7 Å². The molecule has 0 aliphatic carbocycles. The molecule has 9 heteroatoms. The Morgan fingerprint density at radius 3 is 2.81 bits per heavy atom. The van der Waals surface area contributed by atoms with Crippen LogP contribution in [0.4, 0.5) is 0 Å². The minimum absolute atomic E-state index is 0.0482. The van der Waals surface area contributed by atoms with Gasteiger partial charge in [0.25, 0.3) is 5.91 Å². The Labute approximate surface area is 183 Å². The maximum Gasteiger partial charge on any atom is 0.270 e. The van der Waals surface area contributed by atoms with Gasteiger partial charge in [-0.15, -0.1) is 5.10 Å². The van der Waals surface area contributed by atoms with Gasteiger partial charge >= 0.3 is 0 Å². The van der Waals surface area contributed by atoms with Gasteiger partial charge in [-0.3, -0.25) is 4.79 Å². The van der Waals surface area contributed by atoms with E-state index in [9.17, 15) is 4.79 Å². The standard InChI is InChI=1S/C23H18N6O3/c24-11-13-32-19-9-4-6-17(14-19)16-25-23(30)21(15-20-10-5-12-31-20)29-22(26-27-28-29)18-7-2-1-3-8-18/h1-10,12,14-15H,13,16H2,(H,25,30)/b21-15-. The van der Waals surface area contributed by atoms with E-state index in [1.54, 1.807) is 36.4 Å². The van der Waals surface area contributed by atoms with Gasteiger partial charge in [0, 0.05) is 18.2 Å². The predicted molar refractivity (Wildman–Crippen MR) is 116 cm³/mol. The molecule has 2 aromatic heterocycles. The molecule has 9 nitrogen and oxygen atoms in total. The number of nitrogens with one attached hydrogen (secondary N) is 1. The second kappa shape index (κ2) is 9.86. The SMILES string of the molecule is N#CCOc1cccc(CNC(=O)/C(=C/c2ccco2)n2nnnc2-c2ccccc2)c1. The van der Waals surface area contributed by atoms with E-state index in [1.165, 1.54) is 10.9 Å². The van der Waals surface area contributed by atoms with Crippen molar-refractivity contribution in [1.29, 1.82) is 5.26 Å². The first-order valence-corrected chi connectivity index (χ1v) is 9.71. The molecule has 1 N–H and O–H groups in total. The predicted octanol–water partition coefficient (Wildman–Crippen LogP) is 3.15. The zero-order chi connectivity index (χ0) is 22.2. The molecule has 0 saturated carbocycles. The Morgan fingerprint density at radius 1 is 1.16 bits per heavy atom. The molecular formula is C23H18N6O3. The molecule has 158 valence electrons. The van der Waals surface area contributed by atoms with E-state index in [0.717, 1.165) is 11.1 Å². The second-order valence-corrected chi connectivity index (χ2v) is 6.60. The fraction of sp³-hybridized carbons (Fsp3) is 0.0870. The van der Waals surface area contributed by atoms with E-state index in [4.69, 9.17) is 14.4 Å². The number of hydrogen-bond donors (Lipinski definition) is 1. The van der Waals surface area contributed by atoms with Crippen molar-refractivity contribution in [3.63, 3.8) is 0 Å². The molecule has 0 saturated heterocycles. The summed E-state index contributed by atoms with van der Waals surface area (Å²) in [5, 5.41) is 23.4. The van der Waals surface area contributed by atoms with Crippen LogP contribution in [0.5, 0.6) is 5.75 Å². The summed E-state index contributed by atoms with van der Waals surface area (Å²) < 4.78 is 12.1. The van der Waals surface area contributed by atoms with Gasteiger partial charge in [0.05, 0.1) is 6.26 Å². The number of nitriles is 1. The number of tetrazole rings is 1. The fourth-order valence-electron chi connectivity index (χ4n) is 2.98. The van der Waals surface area contributed by atoms with Gasteiger partial charge in [-0.25, -0.2) is 0 Å². The smallest absolute Gasteiger partial charge is 0.270 e. The second-order valence-electron chi connectivity index (χ2n) is 6.60. The van der Waals surface area contributed by atoms with Crippen LogP contribution in [0.25, 0.3) is 23.2 Å². The molecular weight excluding hydrogens is 408 g/mol. The third kappa shape index (κ3) is 4.88. The molecule has 4 aromatic rings. The van der Waals surface area contributed by atoms with Crippen molar-refractivity contribution >= 4 is 17.7 Å². The maximum absolute atomic E-state index is 13.2. The summed E-state index contributed by atoms with van der Waals surface area (Å²) in [7, 11) is 0. The number of carbonyl (C=O) groups excluding carboxylic acids is 1. The van der Waals surface area contributed by atoms with Crippen molar-refractivity contribution in [3.05, 3.63) is 84.3 Å². The summed E-state index contributed by atoms with van der Waals surface area (Å²) in [5.41, 5.74) is 1.77. The van der Waals surface area contributed by atoms with Crippen molar-refractivity contribution < 1.29 is 13.9 Å². The van der Waals surface area contributed by atoms with E-state index in [-0.39, 0.29) is 18.8 Å². The largest absolute Gasteiger partial charge is 0.479 e. The molecule has 2 aromatic carbocycles. The Hall–Kier alpha value is -4.71. The van der Waals surface area contributed by atoms with E-state index >= 15 is 0 Å². The highest BCUT2D eigenvalue weighted by Gasteiger charge is 2.19. The van der Waals surface area contributed by atoms with Gasteiger partial charge in [-0.1, -0.05) is 42.5 Å². The lowest BCUT2D eigenvalue weighted by Crippen LogP contribution is -2.27. The first kappa shape index (κ1) is 20.6. The van der Waals surface area contributed by atoms with Crippen molar-refractivity contribution in [3.8, 4) is 23.2 Å². The summed E-state index contributed by atoms with van der Waals surface area (Å²) in [6.45, 7) is 0.189. The third-order valence-corrected chi connectivity index (χ3v) is 4.44. The number of ether oxygens (including phenoxy) is 1. The lowest BCUT2D eigenvalue weighted by Gasteiger charge is -2.11.